The number of carbonyl (C=O) groups is 1. The van der Waals surface area contributed by atoms with Gasteiger partial charge in [-0.2, -0.15) is 0 Å². The van der Waals surface area contributed by atoms with Gasteiger partial charge in [0, 0.05) is 11.9 Å². The van der Waals surface area contributed by atoms with Crippen LogP contribution in [0.2, 0.25) is 0 Å². The molecular formula is C12H17N3O. The van der Waals surface area contributed by atoms with Gasteiger partial charge in [0.15, 0.2) is 0 Å². The Morgan fingerprint density at radius 1 is 1.62 bits per heavy atom. The van der Waals surface area contributed by atoms with Gasteiger partial charge in [-0.25, -0.2) is 0 Å². The number of amides is 1. The van der Waals surface area contributed by atoms with Gasteiger partial charge in [-0.3, -0.25) is 9.78 Å². The number of pyridine rings is 1. The largest absolute Gasteiger partial charge is 0.368 e. The van der Waals surface area contributed by atoms with E-state index in [1.54, 1.807) is 0 Å². The maximum atomic E-state index is 10.9. The van der Waals surface area contributed by atoms with Crippen LogP contribution in [-0.4, -0.2) is 16.9 Å². The highest BCUT2D eigenvalue weighted by Crippen LogP contribution is 2.26. The lowest BCUT2D eigenvalue weighted by atomic mass is 9.83. The summed E-state index contributed by atoms with van der Waals surface area (Å²) in [6.07, 6.45) is 5.50. The molecule has 4 N–H and O–H groups in total. The Morgan fingerprint density at radius 2 is 2.44 bits per heavy atom. The third-order valence-corrected chi connectivity index (χ3v) is 3.24. The monoisotopic (exact) mass is 219 g/mol. The molecule has 1 heterocycles. The van der Waals surface area contributed by atoms with E-state index in [2.05, 4.69) is 11.1 Å². The smallest absolute Gasteiger partial charge is 0.234 e. The molecule has 0 bridgehead atoms. The van der Waals surface area contributed by atoms with E-state index >= 15 is 0 Å². The first-order chi connectivity index (χ1) is 7.66. The van der Waals surface area contributed by atoms with E-state index in [4.69, 9.17) is 11.5 Å². The molecule has 0 saturated carbocycles. The minimum atomic E-state index is -0.518. The predicted molar refractivity (Wildman–Crippen MR) is 61.5 cm³/mol. The van der Waals surface area contributed by atoms with Crippen LogP contribution in [0.25, 0.3) is 0 Å². The summed E-state index contributed by atoms with van der Waals surface area (Å²) in [5.41, 5.74) is 13.3. The van der Waals surface area contributed by atoms with Crippen LogP contribution in [-0.2, 0) is 17.6 Å². The minimum absolute atomic E-state index is 0.410. The fourth-order valence-electron chi connectivity index (χ4n) is 2.29. The Labute approximate surface area is 95.0 Å². The quantitative estimate of drug-likeness (QED) is 0.771. The number of hydrogen-bond acceptors (Lipinski definition) is 3. The topological polar surface area (TPSA) is 82.0 Å². The van der Waals surface area contributed by atoms with Gasteiger partial charge in [0.25, 0.3) is 0 Å². The number of carbonyl (C=O) groups excluding carboxylic acids is 1. The molecule has 1 aromatic heterocycles. The molecular weight excluding hydrogens is 202 g/mol. The third kappa shape index (κ3) is 2.39. The second kappa shape index (κ2) is 4.61. The molecule has 2 rings (SSSR count). The van der Waals surface area contributed by atoms with Gasteiger partial charge in [-0.1, -0.05) is 6.07 Å². The highest BCUT2D eigenvalue weighted by molar-refractivity contribution is 5.79. The molecule has 4 heteroatoms. The van der Waals surface area contributed by atoms with E-state index in [1.807, 2.05) is 12.3 Å². The average Bonchev–Trinajstić information content (AvgIpc) is 2.28. The van der Waals surface area contributed by atoms with E-state index in [9.17, 15) is 4.79 Å². The fourth-order valence-corrected chi connectivity index (χ4v) is 2.29. The lowest BCUT2D eigenvalue weighted by Crippen LogP contribution is -2.38. The molecule has 0 saturated heterocycles. The Balaban J connectivity index is 2.00. The number of hydrogen-bond donors (Lipinski definition) is 2. The second-order valence-corrected chi connectivity index (χ2v) is 4.46. The van der Waals surface area contributed by atoms with E-state index in [0.29, 0.717) is 12.3 Å². The molecule has 1 amide bonds. The first-order valence-electron chi connectivity index (χ1n) is 5.64. The summed E-state index contributed by atoms with van der Waals surface area (Å²) in [5.74, 6) is 0.0247. The Bertz CT molecular complexity index is 392. The predicted octanol–water partition coefficient (Wildman–Crippen LogP) is 0.389. The van der Waals surface area contributed by atoms with E-state index in [-0.39, 0.29) is 0 Å². The SMILES string of the molecule is NC(=O)C(N)CC1CCc2cccnc2C1. The summed E-state index contributed by atoms with van der Waals surface area (Å²) in [6, 6.07) is 3.57. The molecule has 0 spiro atoms. The second-order valence-electron chi connectivity index (χ2n) is 4.46. The van der Waals surface area contributed by atoms with Crippen molar-refractivity contribution < 1.29 is 4.79 Å². The highest BCUT2D eigenvalue weighted by Gasteiger charge is 2.23. The number of aryl methyl sites for hydroxylation is 1. The lowest BCUT2D eigenvalue weighted by molar-refractivity contribution is -0.119. The summed E-state index contributed by atoms with van der Waals surface area (Å²) in [7, 11) is 0. The van der Waals surface area contributed by atoms with Crippen LogP contribution in [0.1, 0.15) is 24.1 Å². The molecule has 0 aromatic carbocycles. The molecule has 1 aromatic rings. The Morgan fingerprint density at radius 3 is 3.19 bits per heavy atom. The first-order valence-corrected chi connectivity index (χ1v) is 5.64. The third-order valence-electron chi connectivity index (χ3n) is 3.24. The Kier molecular flexibility index (Phi) is 3.19. The highest BCUT2D eigenvalue weighted by atomic mass is 16.1. The zero-order valence-electron chi connectivity index (χ0n) is 9.23. The average molecular weight is 219 g/mol. The van der Waals surface area contributed by atoms with Crippen LogP contribution < -0.4 is 11.5 Å². The van der Waals surface area contributed by atoms with Gasteiger partial charge in [0.1, 0.15) is 0 Å². The molecule has 0 radical (unpaired) electrons. The molecule has 1 aliphatic carbocycles. The van der Waals surface area contributed by atoms with Gasteiger partial charge in [-0.05, 0) is 43.2 Å². The van der Waals surface area contributed by atoms with Gasteiger partial charge in [0.2, 0.25) is 5.91 Å². The van der Waals surface area contributed by atoms with Crippen molar-refractivity contribution in [2.75, 3.05) is 0 Å². The van der Waals surface area contributed by atoms with Crippen LogP contribution in [0.4, 0.5) is 0 Å². The summed E-state index contributed by atoms with van der Waals surface area (Å²) in [6.45, 7) is 0. The maximum absolute atomic E-state index is 10.9. The van der Waals surface area contributed by atoms with Crippen molar-refractivity contribution in [2.24, 2.45) is 17.4 Å². The van der Waals surface area contributed by atoms with Crippen LogP contribution >= 0.6 is 0 Å². The zero-order chi connectivity index (χ0) is 11.5. The fraction of sp³-hybridized carbons (Fsp3) is 0.500. The van der Waals surface area contributed by atoms with Crippen molar-refractivity contribution in [3.05, 3.63) is 29.6 Å². The number of rotatable bonds is 3. The van der Waals surface area contributed by atoms with Crippen molar-refractivity contribution >= 4 is 5.91 Å². The van der Waals surface area contributed by atoms with Crippen molar-refractivity contribution in [1.29, 1.82) is 0 Å². The van der Waals surface area contributed by atoms with E-state index < -0.39 is 11.9 Å². The van der Waals surface area contributed by atoms with Crippen LogP contribution in [0.3, 0.4) is 0 Å². The summed E-state index contributed by atoms with van der Waals surface area (Å²) in [4.78, 5) is 15.3. The van der Waals surface area contributed by atoms with E-state index in [0.717, 1.165) is 25.0 Å². The van der Waals surface area contributed by atoms with Crippen molar-refractivity contribution in [3.8, 4) is 0 Å². The van der Waals surface area contributed by atoms with Crippen LogP contribution in [0, 0.1) is 5.92 Å². The Hall–Kier alpha value is -1.42. The number of nitrogens with two attached hydrogens (primary N) is 2. The van der Waals surface area contributed by atoms with Gasteiger partial charge in [0.05, 0.1) is 6.04 Å². The molecule has 16 heavy (non-hydrogen) atoms. The first kappa shape index (κ1) is 11.1. The molecule has 2 atom stereocenters. The number of primary amides is 1. The number of aromatic nitrogens is 1. The summed E-state index contributed by atoms with van der Waals surface area (Å²) in [5, 5.41) is 0. The molecule has 1 aliphatic rings. The zero-order valence-corrected chi connectivity index (χ0v) is 9.23. The molecule has 2 unspecified atom stereocenters. The van der Waals surface area contributed by atoms with Gasteiger partial charge >= 0.3 is 0 Å². The minimum Gasteiger partial charge on any atom is -0.368 e. The number of nitrogens with zero attached hydrogens (tertiary/aromatic N) is 1. The standard InChI is InChI=1S/C12H17N3O/c13-10(12(14)16)6-8-3-4-9-2-1-5-15-11(9)7-8/h1-2,5,8,10H,3-4,6-7,13H2,(H2,14,16). The van der Waals surface area contributed by atoms with Crippen molar-refractivity contribution in [3.63, 3.8) is 0 Å². The molecule has 4 nitrogen and oxygen atoms in total. The van der Waals surface area contributed by atoms with Gasteiger partial charge in [-0.15, -0.1) is 0 Å². The van der Waals surface area contributed by atoms with Crippen LogP contribution in [0.15, 0.2) is 18.3 Å². The summed E-state index contributed by atoms with van der Waals surface area (Å²) < 4.78 is 0. The normalized spacial score (nSPS) is 21.2. The lowest BCUT2D eigenvalue weighted by Gasteiger charge is -2.24. The van der Waals surface area contributed by atoms with Gasteiger partial charge < -0.3 is 11.5 Å². The number of fused-ring (bicyclic) bond motifs is 1. The molecule has 86 valence electrons. The van der Waals surface area contributed by atoms with E-state index in [1.165, 1.54) is 5.56 Å². The molecule has 0 fully saturated rings. The van der Waals surface area contributed by atoms with Crippen molar-refractivity contribution in [1.82, 2.24) is 4.98 Å². The summed E-state index contributed by atoms with van der Waals surface area (Å²) >= 11 is 0. The van der Waals surface area contributed by atoms with Crippen LogP contribution in [0.5, 0.6) is 0 Å². The maximum Gasteiger partial charge on any atom is 0.234 e. The molecule has 0 aliphatic heterocycles. The van der Waals surface area contributed by atoms with Crippen molar-refractivity contribution in [2.45, 2.75) is 31.7 Å².